The van der Waals surface area contributed by atoms with Crippen LogP contribution < -0.4 is 5.73 Å². The van der Waals surface area contributed by atoms with Crippen LogP contribution in [0.1, 0.15) is 40.5 Å². The summed E-state index contributed by atoms with van der Waals surface area (Å²) in [5.74, 6) is -0.0107. The van der Waals surface area contributed by atoms with Crippen molar-refractivity contribution in [3.8, 4) is 0 Å². The minimum absolute atomic E-state index is 0.0107. The number of aromatic nitrogens is 1. The number of hydrogen-bond donors (Lipinski definition) is 2. The lowest BCUT2D eigenvalue weighted by Crippen LogP contribution is -2.33. The molecule has 4 heteroatoms. The zero-order chi connectivity index (χ0) is 14.1. The van der Waals surface area contributed by atoms with Gasteiger partial charge < -0.3 is 15.6 Å². The van der Waals surface area contributed by atoms with Gasteiger partial charge in [0.1, 0.15) is 5.69 Å². The predicted octanol–water partition coefficient (Wildman–Crippen LogP) is 2.75. The number of aromatic amines is 1. The maximum absolute atomic E-state index is 12.5. The summed E-state index contributed by atoms with van der Waals surface area (Å²) >= 11 is 0. The van der Waals surface area contributed by atoms with Gasteiger partial charge in [0.15, 0.2) is 0 Å². The van der Waals surface area contributed by atoms with Crippen LogP contribution in [0.25, 0.3) is 0 Å². The van der Waals surface area contributed by atoms with Crippen molar-refractivity contribution in [3.05, 3.63) is 53.3 Å². The summed E-state index contributed by atoms with van der Waals surface area (Å²) in [5, 5.41) is 0. The number of nitrogen functional groups attached to an aromatic ring is 1. The van der Waals surface area contributed by atoms with E-state index in [2.05, 4.69) is 23.2 Å². The Kier molecular flexibility index (Phi) is 3.22. The lowest BCUT2D eigenvalue weighted by molar-refractivity contribution is 0.0710. The molecule has 1 amide bonds. The van der Waals surface area contributed by atoms with Gasteiger partial charge >= 0.3 is 0 Å². The summed E-state index contributed by atoms with van der Waals surface area (Å²) < 4.78 is 0. The SMILES string of the molecule is CN(C(=O)c1cc(N)c[nH]1)C1CCCc2ccccc21. The monoisotopic (exact) mass is 269 g/mol. The summed E-state index contributed by atoms with van der Waals surface area (Å²) in [5.41, 5.74) is 9.44. The second kappa shape index (κ2) is 5.04. The third-order valence-corrected chi connectivity index (χ3v) is 4.06. The molecule has 0 saturated heterocycles. The van der Waals surface area contributed by atoms with Crippen LogP contribution in [0.15, 0.2) is 36.5 Å². The molecule has 1 atom stereocenters. The van der Waals surface area contributed by atoms with Gasteiger partial charge in [-0.15, -0.1) is 0 Å². The lowest BCUT2D eigenvalue weighted by Gasteiger charge is -2.33. The van der Waals surface area contributed by atoms with Crippen molar-refractivity contribution in [1.82, 2.24) is 9.88 Å². The molecule has 1 aromatic heterocycles. The third kappa shape index (κ3) is 2.18. The van der Waals surface area contributed by atoms with E-state index in [9.17, 15) is 4.79 Å². The number of carbonyl (C=O) groups excluding carboxylic acids is 1. The predicted molar refractivity (Wildman–Crippen MR) is 79.4 cm³/mol. The number of aryl methyl sites for hydroxylation is 1. The minimum atomic E-state index is -0.0107. The second-order valence-electron chi connectivity index (χ2n) is 5.37. The quantitative estimate of drug-likeness (QED) is 0.880. The molecular weight excluding hydrogens is 250 g/mol. The normalized spacial score (nSPS) is 17.6. The number of rotatable bonds is 2. The molecule has 0 radical (unpaired) electrons. The van der Waals surface area contributed by atoms with Crippen molar-refractivity contribution in [3.63, 3.8) is 0 Å². The van der Waals surface area contributed by atoms with Gasteiger partial charge in [-0.2, -0.15) is 0 Å². The average Bonchev–Trinajstić information content (AvgIpc) is 2.91. The van der Waals surface area contributed by atoms with Crippen molar-refractivity contribution >= 4 is 11.6 Å². The van der Waals surface area contributed by atoms with Gasteiger partial charge in [-0.1, -0.05) is 24.3 Å². The Morgan fingerprint density at radius 1 is 1.40 bits per heavy atom. The number of nitrogens with zero attached hydrogens (tertiary/aromatic N) is 1. The molecule has 1 aromatic carbocycles. The van der Waals surface area contributed by atoms with Gasteiger partial charge in [0, 0.05) is 18.9 Å². The first-order valence-corrected chi connectivity index (χ1v) is 6.95. The summed E-state index contributed by atoms with van der Waals surface area (Å²) in [7, 11) is 1.87. The third-order valence-electron chi connectivity index (χ3n) is 4.06. The van der Waals surface area contributed by atoms with E-state index < -0.39 is 0 Å². The Labute approximate surface area is 118 Å². The highest BCUT2D eigenvalue weighted by atomic mass is 16.2. The van der Waals surface area contributed by atoms with E-state index in [1.165, 1.54) is 11.1 Å². The Bertz CT molecular complexity index is 632. The van der Waals surface area contributed by atoms with Crippen LogP contribution in [-0.4, -0.2) is 22.8 Å². The number of fused-ring (bicyclic) bond motifs is 1. The number of nitrogens with one attached hydrogen (secondary N) is 1. The van der Waals surface area contributed by atoms with Crippen LogP contribution in [0.5, 0.6) is 0 Å². The van der Waals surface area contributed by atoms with Crippen LogP contribution in [0, 0.1) is 0 Å². The first kappa shape index (κ1) is 12.8. The van der Waals surface area contributed by atoms with Crippen LogP contribution >= 0.6 is 0 Å². The van der Waals surface area contributed by atoms with Crippen molar-refractivity contribution in [2.75, 3.05) is 12.8 Å². The fraction of sp³-hybridized carbons (Fsp3) is 0.312. The molecule has 0 bridgehead atoms. The van der Waals surface area contributed by atoms with E-state index in [0.717, 1.165) is 19.3 Å². The molecule has 3 N–H and O–H groups in total. The number of carbonyl (C=O) groups is 1. The lowest BCUT2D eigenvalue weighted by atomic mass is 9.87. The Hall–Kier alpha value is -2.23. The topological polar surface area (TPSA) is 62.1 Å². The fourth-order valence-corrected chi connectivity index (χ4v) is 3.00. The zero-order valence-corrected chi connectivity index (χ0v) is 11.6. The maximum atomic E-state index is 12.5. The molecule has 1 unspecified atom stereocenters. The molecule has 0 spiro atoms. The van der Waals surface area contributed by atoms with Gasteiger partial charge in [0.05, 0.1) is 6.04 Å². The van der Waals surface area contributed by atoms with Crippen LogP contribution in [0.3, 0.4) is 0 Å². The molecule has 3 rings (SSSR count). The summed E-state index contributed by atoms with van der Waals surface area (Å²) in [6.07, 6.45) is 4.88. The highest BCUT2D eigenvalue weighted by Crippen LogP contribution is 2.34. The maximum Gasteiger partial charge on any atom is 0.270 e. The Morgan fingerprint density at radius 3 is 2.95 bits per heavy atom. The minimum Gasteiger partial charge on any atom is -0.397 e. The molecule has 0 aliphatic heterocycles. The van der Waals surface area contributed by atoms with Gasteiger partial charge in [-0.05, 0) is 36.5 Å². The number of anilines is 1. The highest BCUT2D eigenvalue weighted by molar-refractivity contribution is 5.93. The molecule has 1 aliphatic carbocycles. The van der Waals surface area contributed by atoms with Crippen molar-refractivity contribution in [2.45, 2.75) is 25.3 Å². The standard InChI is InChI=1S/C16H19N3O/c1-19(16(20)14-9-12(17)10-18-14)15-8-4-6-11-5-2-3-7-13(11)15/h2-3,5,7,9-10,15,18H,4,6,8,17H2,1H3. The second-order valence-corrected chi connectivity index (χ2v) is 5.37. The van der Waals surface area contributed by atoms with E-state index in [-0.39, 0.29) is 11.9 Å². The van der Waals surface area contributed by atoms with Crippen molar-refractivity contribution in [2.24, 2.45) is 0 Å². The highest BCUT2D eigenvalue weighted by Gasteiger charge is 2.27. The number of H-pyrrole nitrogens is 1. The summed E-state index contributed by atoms with van der Waals surface area (Å²) in [4.78, 5) is 17.3. The fourth-order valence-electron chi connectivity index (χ4n) is 3.00. The largest absolute Gasteiger partial charge is 0.397 e. The molecule has 0 saturated carbocycles. The number of hydrogen-bond acceptors (Lipinski definition) is 2. The zero-order valence-electron chi connectivity index (χ0n) is 11.6. The number of amides is 1. The molecule has 1 aliphatic rings. The molecule has 4 nitrogen and oxygen atoms in total. The van der Waals surface area contributed by atoms with E-state index >= 15 is 0 Å². The molecule has 1 heterocycles. The Balaban J connectivity index is 1.88. The first-order valence-electron chi connectivity index (χ1n) is 6.95. The van der Waals surface area contributed by atoms with Crippen LogP contribution in [-0.2, 0) is 6.42 Å². The van der Waals surface area contributed by atoms with E-state index in [1.54, 1.807) is 12.3 Å². The molecule has 104 valence electrons. The number of nitrogens with two attached hydrogens (primary N) is 1. The summed E-state index contributed by atoms with van der Waals surface area (Å²) in [6, 6.07) is 10.2. The molecule has 2 aromatic rings. The van der Waals surface area contributed by atoms with Crippen molar-refractivity contribution < 1.29 is 4.79 Å². The van der Waals surface area contributed by atoms with Gasteiger partial charge in [0.25, 0.3) is 5.91 Å². The van der Waals surface area contributed by atoms with Gasteiger partial charge in [-0.25, -0.2) is 0 Å². The number of benzene rings is 1. The van der Waals surface area contributed by atoms with Gasteiger partial charge in [-0.3, -0.25) is 4.79 Å². The van der Waals surface area contributed by atoms with Crippen molar-refractivity contribution in [1.29, 1.82) is 0 Å². The average molecular weight is 269 g/mol. The van der Waals surface area contributed by atoms with Crippen LogP contribution in [0.2, 0.25) is 0 Å². The summed E-state index contributed by atoms with van der Waals surface area (Å²) in [6.45, 7) is 0. The van der Waals surface area contributed by atoms with E-state index in [1.807, 2.05) is 18.0 Å². The Morgan fingerprint density at radius 2 is 2.20 bits per heavy atom. The molecule has 0 fully saturated rings. The smallest absolute Gasteiger partial charge is 0.270 e. The molecule has 20 heavy (non-hydrogen) atoms. The van der Waals surface area contributed by atoms with E-state index in [0.29, 0.717) is 11.4 Å². The van der Waals surface area contributed by atoms with Crippen LogP contribution in [0.4, 0.5) is 5.69 Å². The van der Waals surface area contributed by atoms with Gasteiger partial charge in [0.2, 0.25) is 0 Å². The molecular formula is C16H19N3O. The van der Waals surface area contributed by atoms with E-state index in [4.69, 9.17) is 5.73 Å². The first-order chi connectivity index (χ1) is 9.66.